The van der Waals surface area contributed by atoms with Crippen LogP contribution >= 0.6 is 0 Å². The molecule has 3 N–H and O–H groups in total. The molecule has 0 bridgehead atoms. The summed E-state index contributed by atoms with van der Waals surface area (Å²) in [4.78, 5) is 0. The largest absolute Gasteiger partial charge is 0.387 e. The van der Waals surface area contributed by atoms with Crippen LogP contribution in [0.4, 0.5) is 0 Å². The molecule has 1 fully saturated rings. The van der Waals surface area contributed by atoms with E-state index in [9.17, 15) is 8.42 Å². The SMILES string of the molecule is CC(C)S(=O)(=O)N1CCCC(C(=N)N)C1. The van der Waals surface area contributed by atoms with Crippen molar-refractivity contribution in [1.29, 1.82) is 5.41 Å². The molecule has 0 radical (unpaired) electrons. The molecule has 88 valence electrons. The van der Waals surface area contributed by atoms with Gasteiger partial charge in [-0.25, -0.2) is 12.7 Å². The average molecular weight is 233 g/mol. The maximum Gasteiger partial charge on any atom is 0.216 e. The van der Waals surface area contributed by atoms with Crippen molar-refractivity contribution in [1.82, 2.24) is 4.31 Å². The minimum Gasteiger partial charge on any atom is -0.387 e. The molecule has 1 aliphatic heterocycles. The molecule has 1 atom stereocenters. The van der Waals surface area contributed by atoms with Gasteiger partial charge in [-0.3, -0.25) is 5.41 Å². The molecule has 1 rings (SSSR count). The Labute approximate surface area is 91.2 Å². The minimum atomic E-state index is -3.19. The van der Waals surface area contributed by atoms with Crippen molar-refractivity contribution in [3.8, 4) is 0 Å². The third-order valence-electron chi connectivity index (χ3n) is 2.78. The molecular formula is C9H19N3O2S. The maximum absolute atomic E-state index is 11.9. The van der Waals surface area contributed by atoms with Crippen molar-refractivity contribution in [3.63, 3.8) is 0 Å². The monoisotopic (exact) mass is 233 g/mol. The Balaban J connectivity index is 2.77. The van der Waals surface area contributed by atoms with E-state index in [0.717, 1.165) is 12.8 Å². The van der Waals surface area contributed by atoms with Crippen molar-refractivity contribution in [2.75, 3.05) is 13.1 Å². The molecule has 1 heterocycles. The number of hydrogen-bond donors (Lipinski definition) is 2. The second kappa shape index (κ2) is 4.49. The van der Waals surface area contributed by atoms with Crippen molar-refractivity contribution in [3.05, 3.63) is 0 Å². The smallest absolute Gasteiger partial charge is 0.216 e. The molecule has 1 saturated heterocycles. The third kappa shape index (κ3) is 2.69. The first-order chi connectivity index (χ1) is 6.85. The lowest BCUT2D eigenvalue weighted by molar-refractivity contribution is 0.308. The van der Waals surface area contributed by atoms with E-state index in [1.165, 1.54) is 4.31 Å². The normalized spacial score (nSPS) is 24.3. The summed E-state index contributed by atoms with van der Waals surface area (Å²) < 4.78 is 25.2. The van der Waals surface area contributed by atoms with Gasteiger partial charge in [-0.15, -0.1) is 0 Å². The molecule has 0 aromatic rings. The van der Waals surface area contributed by atoms with Crippen LogP contribution in [0.2, 0.25) is 0 Å². The van der Waals surface area contributed by atoms with Crippen molar-refractivity contribution < 1.29 is 8.42 Å². The molecule has 0 aromatic carbocycles. The van der Waals surface area contributed by atoms with E-state index in [4.69, 9.17) is 11.1 Å². The fourth-order valence-electron chi connectivity index (χ4n) is 1.73. The van der Waals surface area contributed by atoms with Crippen LogP contribution in [-0.4, -0.2) is 36.9 Å². The predicted molar refractivity (Wildman–Crippen MR) is 60.3 cm³/mol. The van der Waals surface area contributed by atoms with Gasteiger partial charge in [-0.05, 0) is 26.7 Å². The molecule has 5 nitrogen and oxygen atoms in total. The van der Waals surface area contributed by atoms with Gasteiger partial charge in [0, 0.05) is 19.0 Å². The maximum atomic E-state index is 11.9. The van der Waals surface area contributed by atoms with Gasteiger partial charge in [0.2, 0.25) is 10.0 Å². The molecule has 0 aliphatic carbocycles. The Hall–Kier alpha value is -0.620. The first kappa shape index (κ1) is 12.4. The second-order valence-corrected chi connectivity index (χ2v) is 6.74. The number of nitrogens with one attached hydrogen (secondary N) is 1. The second-order valence-electron chi connectivity index (χ2n) is 4.25. The summed E-state index contributed by atoms with van der Waals surface area (Å²) in [6.07, 6.45) is 1.61. The van der Waals surface area contributed by atoms with Gasteiger partial charge >= 0.3 is 0 Å². The predicted octanol–water partition coefficient (Wildman–Crippen LogP) is 0.373. The quantitative estimate of drug-likeness (QED) is 0.545. The Bertz CT molecular complexity index is 337. The van der Waals surface area contributed by atoms with Gasteiger partial charge in [0.15, 0.2) is 0 Å². The summed E-state index contributed by atoms with van der Waals surface area (Å²) in [5, 5.41) is 6.95. The zero-order chi connectivity index (χ0) is 11.6. The van der Waals surface area contributed by atoms with Gasteiger partial charge in [0.1, 0.15) is 0 Å². The van der Waals surface area contributed by atoms with E-state index >= 15 is 0 Å². The lowest BCUT2D eigenvalue weighted by Gasteiger charge is -2.32. The van der Waals surface area contributed by atoms with E-state index in [-0.39, 0.29) is 11.8 Å². The standard InChI is InChI=1S/C9H19N3O2S/c1-7(2)15(13,14)12-5-3-4-8(6-12)9(10)11/h7-8H,3-6H2,1-2H3,(H3,10,11). The van der Waals surface area contributed by atoms with Gasteiger partial charge in [0.25, 0.3) is 0 Å². The zero-order valence-corrected chi connectivity index (χ0v) is 10.0. The molecule has 0 amide bonds. The lowest BCUT2D eigenvalue weighted by atomic mass is 9.99. The molecule has 0 saturated carbocycles. The summed E-state index contributed by atoms with van der Waals surface area (Å²) >= 11 is 0. The van der Waals surface area contributed by atoms with E-state index < -0.39 is 15.3 Å². The van der Waals surface area contributed by atoms with Crippen LogP contribution in [0.1, 0.15) is 26.7 Å². The Morgan fingerprint density at radius 3 is 2.60 bits per heavy atom. The van der Waals surface area contributed by atoms with E-state index in [1.54, 1.807) is 13.8 Å². The van der Waals surface area contributed by atoms with Crippen LogP contribution in [0.3, 0.4) is 0 Å². The van der Waals surface area contributed by atoms with Crippen LogP contribution in [0, 0.1) is 11.3 Å². The molecule has 15 heavy (non-hydrogen) atoms. The highest BCUT2D eigenvalue weighted by Crippen LogP contribution is 2.20. The molecule has 1 aliphatic rings. The minimum absolute atomic E-state index is 0.0960. The summed E-state index contributed by atoms with van der Waals surface area (Å²) in [7, 11) is -3.19. The number of rotatable bonds is 3. The first-order valence-corrected chi connectivity index (χ1v) is 6.69. The van der Waals surface area contributed by atoms with Crippen LogP contribution < -0.4 is 5.73 Å². The summed E-state index contributed by atoms with van der Waals surface area (Å²) in [6.45, 7) is 4.28. The number of hydrogen-bond acceptors (Lipinski definition) is 3. The fraction of sp³-hybridized carbons (Fsp3) is 0.889. The highest BCUT2D eigenvalue weighted by molar-refractivity contribution is 7.89. The summed E-state index contributed by atoms with van der Waals surface area (Å²) in [5.41, 5.74) is 5.41. The molecule has 0 spiro atoms. The summed E-state index contributed by atoms with van der Waals surface area (Å²) in [6, 6.07) is 0. The van der Waals surface area contributed by atoms with E-state index in [1.807, 2.05) is 0 Å². The summed E-state index contributed by atoms with van der Waals surface area (Å²) in [5.74, 6) is -0.00840. The number of nitrogens with two attached hydrogens (primary N) is 1. The van der Waals surface area contributed by atoms with Crippen molar-refractivity contribution in [2.45, 2.75) is 31.9 Å². The Morgan fingerprint density at radius 2 is 2.13 bits per heavy atom. The van der Waals surface area contributed by atoms with Crippen molar-refractivity contribution in [2.24, 2.45) is 11.7 Å². The molecular weight excluding hydrogens is 214 g/mol. The Kier molecular flexibility index (Phi) is 3.72. The van der Waals surface area contributed by atoms with Gasteiger partial charge in [-0.2, -0.15) is 0 Å². The highest BCUT2D eigenvalue weighted by Gasteiger charge is 2.31. The molecule has 0 aromatic heterocycles. The fourth-order valence-corrected chi connectivity index (χ4v) is 3.09. The zero-order valence-electron chi connectivity index (χ0n) is 9.23. The van der Waals surface area contributed by atoms with Crippen molar-refractivity contribution >= 4 is 15.9 Å². The van der Waals surface area contributed by atoms with Crippen LogP contribution in [-0.2, 0) is 10.0 Å². The number of sulfonamides is 1. The average Bonchev–Trinajstić information content (AvgIpc) is 2.17. The Morgan fingerprint density at radius 1 is 1.53 bits per heavy atom. The van der Waals surface area contributed by atoms with E-state index in [0.29, 0.717) is 13.1 Å². The van der Waals surface area contributed by atoms with Crippen LogP contribution in [0.25, 0.3) is 0 Å². The number of nitrogens with zero attached hydrogens (tertiary/aromatic N) is 1. The third-order valence-corrected chi connectivity index (χ3v) is 5.02. The number of amidine groups is 1. The number of piperidine rings is 1. The van der Waals surface area contributed by atoms with E-state index in [2.05, 4.69) is 0 Å². The van der Waals surface area contributed by atoms with Gasteiger partial charge in [0.05, 0.1) is 11.1 Å². The van der Waals surface area contributed by atoms with Gasteiger partial charge < -0.3 is 5.73 Å². The molecule has 6 heteroatoms. The topological polar surface area (TPSA) is 87.2 Å². The first-order valence-electron chi connectivity index (χ1n) is 5.18. The van der Waals surface area contributed by atoms with Gasteiger partial charge in [-0.1, -0.05) is 0 Å². The molecule has 1 unspecified atom stereocenters. The highest BCUT2D eigenvalue weighted by atomic mass is 32.2. The van der Waals surface area contributed by atoms with Crippen LogP contribution in [0.5, 0.6) is 0 Å². The van der Waals surface area contributed by atoms with Crippen LogP contribution in [0.15, 0.2) is 0 Å². The lowest BCUT2D eigenvalue weighted by Crippen LogP contribution is -2.46.